The molecule has 0 spiro atoms. The summed E-state index contributed by atoms with van der Waals surface area (Å²) in [6, 6.07) is 5.87. The third-order valence-corrected chi connectivity index (χ3v) is 2.17. The Morgan fingerprint density at radius 3 is 3.08 bits per heavy atom. The minimum absolute atomic E-state index is 0.593. The van der Waals surface area contributed by atoms with Crippen molar-refractivity contribution in [1.82, 2.24) is 0 Å². The Balaban J connectivity index is 2.52. The number of fused-ring (bicyclic) bond motifs is 1. The molecule has 0 aromatic heterocycles. The van der Waals surface area contributed by atoms with Crippen molar-refractivity contribution in [2.24, 2.45) is 5.16 Å². The van der Waals surface area contributed by atoms with E-state index in [1.807, 2.05) is 25.1 Å². The first kappa shape index (κ1) is 8.10. The highest BCUT2D eigenvalue weighted by Crippen LogP contribution is 2.25. The summed E-state index contributed by atoms with van der Waals surface area (Å²) < 4.78 is 5.44. The molecule has 1 aromatic carbocycles. The van der Waals surface area contributed by atoms with Gasteiger partial charge in [0.15, 0.2) is 0 Å². The van der Waals surface area contributed by atoms with Gasteiger partial charge in [-0.2, -0.15) is 0 Å². The second-order valence-corrected chi connectivity index (χ2v) is 3.14. The minimum atomic E-state index is 0.593. The summed E-state index contributed by atoms with van der Waals surface area (Å²) in [4.78, 5) is 0. The van der Waals surface area contributed by atoms with Crippen LogP contribution < -0.4 is 4.74 Å². The number of aryl methyl sites for hydroxylation is 1. The molecule has 0 amide bonds. The number of hydrogen-bond donors (Lipinski definition) is 1. The first-order valence-corrected chi connectivity index (χ1v) is 4.26. The van der Waals surface area contributed by atoms with Gasteiger partial charge in [0.2, 0.25) is 0 Å². The topological polar surface area (TPSA) is 41.8 Å². The molecule has 1 aliphatic heterocycles. The van der Waals surface area contributed by atoms with Crippen LogP contribution >= 0.6 is 0 Å². The highest BCUT2D eigenvalue weighted by molar-refractivity contribution is 6.03. The molecule has 0 bridgehead atoms. The second kappa shape index (κ2) is 3.09. The third kappa shape index (κ3) is 1.37. The molecule has 1 heterocycles. The lowest BCUT2D eigenvalue weighted by Crippen LogP contribution is -2.16. The monoisotopic (exact) mass is 177 g/mol. The van der Waals surface area contributed by atoms with Gasteiger partial charge in [-0.1, -0.05) is 11.2 Å². The summed E-state index contributed by atoms with van der Waals surface area (Å²) in [7, 11) is 0. The molecule has 0 fully saturated rings. The Morgan fingerprint density at radius 2 is 2.31 bits per heavy atom. The van der Waals surface area contributed by atoms with E-state index in [9.17, 15) is 0 Å². The van der Waals surface area contributed by atoms with E-state index >= 15 is 0 Å². The average Bonchev–Trinajstić information content (AvgIpc) is 2.16. The number of hydrogen-bond acceptors (Lipinski definition) is 3. The number of rotatable bonds is 0. The van der Waals surface area contributed by atoms with Crippen molar-refractivity contribution < 1.29 is 9.94 Å². The predicted octanol–water partition coefficient (Wildman–Crippen LogP) is 1.96. The minimum Gasteiger partial charge on any atom is -0.492 e. The van der Waals surface area contributed by atoms with Crippen molar-refractivity contribution in [3.63, 3.8) is 0 Å². The molecule has 0 unspecified atom stereocenters. The fourth-order valence-corrected chi connectivity index (χ4v) is 1.48. The van der Waals surface area contributed by atoms with Gasteiger partial charge in [-0.3, -0.25) is 0 Å². The fourth-order valence-electron chi connectivity index (χ4n) is 1.48. The van der Waals surface area contributed by atoms with Crippen LogP contribution in [-0.2, 0) is 0 Å². The highest BCUT2D eigenvalue weighted by atomic mass is 16.5. The molecular weight excluding hydrogens is 166 g/mol. The molecule has 3 heteroatoms. The lowest BCUT2D eigenvalue weighted by molar-refractivity contribution is 0.298. The Kier molecular flexibility index (Phi) is 1.93. The normalized spacial score (nSPS) is 18.1. The summed E-state index contributed by atoms with van der Waals surface area (Å²) in [6.45, 7) is 2.60. The Bertz CT molecular complexity index is 358. The Hall–Kier alpha value is -1.51. The van der Waals surface area contributed by atoms with Gasteiger partial charge in [0.25, 0.3) is 0 Å². The van der Waals surface area contributed by atoms with Gasteiger partial charge in [0, 0.05) is 12.0 Å². The van der Waals surface area contributed by atoms with Crippen LogP contribution in [0, 0.1) is 6.92 Å². The molecule has 0 saturated carbocycles. The van der Waals surface area contributed by atoms with E-state index < -0.39 is 0 Å². The third-order valence-electron chi connectivity index (χ3n) is 2.17. The van der Waals surface area contributed by atoms with E-state index in [-0.39, 0.29) is 0 Å². The van der Waals surface area contributed by atoms with Gasteiger partial charge in [0.05, 0.1) is 12.3 Å². The quantitative estimate of drug-likeness (QED) is 0.486. The van der Waals surface area contributed by atoms with Gasteiger partial charge in [-0.25, -0.2) is 0 Å². The summed E-state index contributed by atoms with van der Waals surface area (Å²) in [5, 5.41) is 12.0. The van der Waals surface area contributed by atoms with Crippen molar-refractivity contribution in [3.8, 4) is 5.75 Å². The van der Waals surface area contributed by atoms with E-state index in [0.29, 0.717) is 18.7 Å². The molecule has 0 atom stereocenters. The lowest BCUT2D eigenvalue weighted by Gasteiger charge is -2.18. The molecule has 2 rings (SSSR count). The van der Waals surface area contributed by atoms with Crippen molar-refractivity contribution in [1.29, 1.82) is 0 Å². The first-order valence-electron chi connectivity index (χ1n) is 4.26. The van der Waals surface area contributed by atoms with Crippen molar-refractivity contribution >= 4 is 5.71 Å². The number of oxime groups is 1. The van der Waals surface area contributed by atoms with Crippen LogP contribution in [0.15, 0.2) is 23.4 Å². The van der Waals surface area contributed by atoms with Crippen LogP contribution in [0.3, 0.4) is 0 Å². The second-order valence-electron chi connectivity index (χ2n) is 3.14. The lowest BCUT2D eigenvalue weighted by atomic mass is 10.0. The maximum atomic E-state index is 8.74. The SMILES string of the molecule is Cc1ccc2c(c1)OCC/C2=N/O. The van der Waals surface area contributed by atoms with Crippen LogP contribution in [0.25, 0.3) is 0 Å². The van der Waals surface area contributed by atoms with Gasteiger partial charge in [-0.05, 0) is 24.6 Å². The molecule has 1 N–H and O–H groups in total. The Labute approximate surface area is 76.6 Å². The summed E-state index contributed by atoms with van der Waals surface area (Å²) >= 11 is 0. The van der Waals surface area contributed by atoms with E-state index in [1.165, 1.54) is 0 Å². The molecule has 0 aliphatic carbocycles. The standard InChI is InChI=1S/C10H11NO2/c1-7-2-3-8-9(11-12)4-5-13-10(8)6-7/h2-3,6,12H,4-5H2,1H3/b11-9-. The largest absolute Gasteiger partial charge is 0.492 e. The average molecular weight is 177 g/mol. The molecule has 3 nitrogen and oxygen atoms in total. The van der Waals surface area contributed by atoms with Gasteiger partial charge in [0.1, 0.15) is 5.75 Å². The smallest absolute Gasteiger partial charge is 0.128 e. The van der Waals surface area contributed by atoms with Gasteiger partial charge < -0.3 is 9.94 Å². The molecule has 1 aliphatic rings. The predicted molar refractivity (Wildman–Crippen MR) is 49.6 cm³/mol. The zero-order chi connectivity index (χ0) is 9.26. The number of benzene rings is 1. The van der Waals surface area contributed by atoms with Crippen LogP contribution in [0.2, 0.25) is 0 Å². The zero-order valence-corrected chi connectivity index (χ0v) is 7.45. The maximum Gasteiger partial charge on any atom is 0.128 e. The summed E-state index contributed by atoms with van der Waals surface area (Å²) in [6.07, 6.45) is 0.673. The van der Waals surface area contributed by atoms with E-state index in [4.69, 9.17) is 9.94 Å². The Morgan fingerprint density at radius 1 is 1.46 bits per heavy atom. The zero-order valence-electron chi connectivity index (χ0n) is 7.45. The van der Waals surface area contributed by atoms with E-state index in [1.54, 1.807) is 0 Å². The van der Waals surface area contributed by atoms with Crippen molar-refractivity contribution in [2.75, 3.05) is 6.61 Å². The molecule has 13 heavy (non-hydrogen) atoms. The van der Waals surface area contributed by atoms with Crippen LogP contribution in [-0.4, -0.2) is 17.5 Å². The molecule has 1 aromatic rings. The number of nitrogens with zero attached hydrogens (tertiary/aromatic N) is 1. The van der Waals surface area contributed by atoms with Crippen molar-refractivity contribution in [3.05, 3.63) is 29.3 Å². The van der Waals surface area contributed by atoms with E-state index in [2.05, 4.69) is 5.16 Å². The summed E-state index contributed by atoms with van der Waals surface area (Å²) in [5.74, 6) is 0.819. The molecule has 0 saturated heterocycles. The fraction of sp³-hybridized carbons (Fsp3) is 0.300. The van der Waals surface area contributed by atoms with Crippen LogP contribution in [0.1, 0.15) is 17.5 Å². The van der Waals surface area contributed by atoms with Gasteiger partial charge >= 0.3 is 0 Å². The van der Waals surface area contributed by atoms with E-state index in [0.717, 1.165) is 16.9 Å². The molecule has 0 radical (unpaired) electrons. The highest BCUT2D eigenvalue weighted by Gasteiger charge is 2.16. The molecular formula is C10H11NO2. The van der Waals surface area contributed by atoms with Gasteiger partial charge in [-0.15, -0.1) is 0 Å². The van der Waals surface area contributed by atoms with Crippen molar-refractivity contribution in [2.45, 2.75) is 13.3 Å². The van der Waals surface area contributed by atoms with Crippen LogP contribution in [0.4, 0.5) is 0 Å². The first-order chi connectivity index (χ1) is 6.31. The number of ether oxygens (including phenoxy) is 1. The maximum absolute atomic E-state index is 8.74. The summed E-state index contributed by atoms with van der Waals surface area (Å²) in [5.41, 5.74) is 2.76. The van der Waals surface area contributed by atoms with Crippen LogP contribution in [0.5, 0.6) is 5.75 Å². The molecule has 68 valence electrons.